The van der Waals surface area contributed by atoms with Crippen molar-refractivity contribution in [3.63, 3.8) is 0 Å². The van der Waals surface area contributed by atoms with Crippen molar-refractivity contribution in [1.82, 2.24) is 24.8 Å². The van der Waals surface area contributed by atoms with E-state index in [1.807, 2.05) is 55.2 Å². The molecule has 5 rings (SSSR count). The van der Waals surface area contributed by atoms with Crippen LogP contribution >= 0.6 is 11.8 Å². The SMILES string of the molecule is Cc1cc(N2CCSC(CC(=O)NCCC3Oc4ccccc4O3)C2)nc(-n2ccnc2)n1. The van der Waals surface area contributed by atoms with Gasteiger partial charge in [-0.15, -0.1) is 0 Å². The van der Waals surface area contributed by atoms with Gasteiger partial charge < -0.3 is 19.7 Å². The lowest BCUT2D eigenvalue weighted by molar-refractivity contribution is -0.121. The number of rotatable bonds is 7. The maximum Gasteiger partial charge on any atom is 0.243 e. The number of benzene rings is 1. The molecule has 0 spiro atoms. The zero-order chi connectivity index (χ0) is 22.6. The number of carbonyl (C=O) groups is 1. The summed E-state index contributed by atoms with van der Waals surface area (Å²) in [7, 11) is 0. The number of hydrogen-bond donors (Lipinski definition) is 1. The average Bonchev–Trinajstić information content (AvgIpc) is 3.49. The Kier molecular flexibility index (Phi) is 6.34. The Labute approximate surface area is 196 Å². The van der Waals surface area contributed by atoms with Crippen LogP contribution in [0.3, 0.4) is 0 Å². The summed E-state index contributed by atoms with van der Waals surface area (Å²) in [5, 5.41) is 3.21. The molecule has 0 radical (unpaired) electrons. The second kappa shape index (κ2) is 9.70. The van der Waals surface area contributed by atoms with Gasteiger partial charge in [0.2, 0.25) is 18.1 Å². The van der Waals surface area contributed by atoms with E-state index in [2.05, 4.69) is 20.2 Å². The Balaban J connectivity index is 1.11. The van der Waals surface area contributed by atoms with E-state index in [-0.39, 0.29) is 17.4 Å². The third-order valence-corrected chi connectivity index (χ3v) is 6.71. The smallest absolute Gasteiger partial charge is 0.243 e. The van der Waals surface area contributed by atoms with Crippen LogP contribution in [0.1, 0.15) is 18.5 Å². The van der Waals surface area contributed by atoms with E-state index in [0.717, 1.165) is 41.9 Å². The molecule has 0 bridgehead atoms. The number of ether oxygens (including phenoxy) is 2. The first kappa shape index (κ1) is 21.6. The number of aromatic nitrogens is 4. The molecule has 1 N–H and O–H groups in total. The van der Waals surface area contributed by atoms with Gasteiger partial charge in [-0.3, -0.25) is 9.36 Å². The molecule has 10 heteroatoms. The zero-order valence-corrected chi connectivity index (χ0v) is 19.2. The van der Waals surface area contributed by atoms with Crippen LogP contribution in [0.2, 0.25) is 0 Å². The summed E-state index contributed by atoms with van der Waals surface area (Å²) < 4.78 is 13.3. The fourth-order valence-corrected chi connectivity index (χ4v) is 5.13. The number of aryl methyl sites for hydroxylation is 1. The van der Waals surface area contributed by atoms with E-state index in [9.17, 15) is 4.79 Å². The van der Waals surface area contributed by atoms with Crippen LogP contribution < -0.4 is 19.7 Å². The van der Waals surface area contributed by atoms with Crippen LogP contribution in [0.25, 0.3) is 5.95 Å². The van der Waals surface area contributed by atoms with E-state index < -0.39 is 0 Å². The first-order chi connectivity index (χ1) is 16.1. The number of hydrogen-bond acceptors (Lipinski definition) is 8. The molecule has 1 unspecified atom stereocenters. The summed E-state index contributed by atoms with van der Waals surface area (Å²) in [6.07, 6.45) is 5.94. The Hall–Kier alpha value is -3.27. The van der Waals surface area contributed by atoms with Gasteiger partial charge in [0.1, 0.15) is 12.1 Å². The molecule has 0 saturated carbocycles. The van der Waals surface area contributed by atoms with Crippen molar-refractivity contribution < 1.29 is 14.3 Å². The van der Waals surface area contributed by atoms with Gasteiger partial charge in [-0.1, -0.05) is 12.1 Å². The molecule has 172 valence electrons. The third-order valence-electron chi connectivity index (χ3n) is 5.51. The number of thioether (sulfide) groups is 1. The van der Waals surface area contributed by atoms with Gasteiger partial charge in [0.25, 0.3) is 0 Å². The van der Waals surface area contributed by atoms with E-state index in [1.54, 1.807) is 17.1 Å². The molecule has 1 amide bonds. The second-order valence-electron chi connectivity index (χ2n) is 8.03. The van der Waals surface area contributed by atoms with Crippen molar-refractivity contribution in [2.24, 2.45) is 0 Å². The quantitative estimate of drug-likeness (QED) is 0.568. The second-order valence-corrected chi connectivity index (χ2v) is 9.44. The molecular formula is C23H26N6O3S. The summed E-state index contributed by atoms with van der Waals surface area (Å²) in [4.78, 5) is 28.1. The van der Waals surface area contributed by atoms with E-state index >= 15 is 0 Å². The maximum absolute atomic E-state index is 12.5. The largest absolute Gasteiger partial charge is 0.451 e. The van der Waals surface area contributed by atoms with Crippen LogP contribution in [0.4, 0.5) is 5.82 Å². The van der Waals surface area contributed by atoms with Gasteiger partial charge in [0.15, 0.2) is 11.5 Å². The molecule has 33 heavy (non-hydrogen) atoms. The van der Waals surface area contributed by atoms with E-state index in [1.165, 1.54) is 0 Å². The van der Waals surface area contributed by atoms with Crippen molar-refractivity contribution in [1.29, 1.82) is 0 Å². The Bertz CT molecular complexity index is 1080. The summed E-state index contributed by atoms with van der Waals surface area (Å²) >= 11 is 1.84. The number of imidazole rings is 1. The molecule has 1 aromatic carbocycles. The first-order valence-electron chi connectivity index (χ1n) is 11.0. The van der Waals surface area contributed by atoms with Crippen molar-refractivity contribution in [2.75, 3.05) is 30.3 Å². The topological polar surface area (TPSA) is 94.4 Å². The number of nitrogens with one attached hydrogen (secondary N) is 1. The number of carbonyl (C=O) groups excluding carboxylic acids is 1. The van der Waals surface area contributed by atoms with Gasteiger partial charge in [-0.2, -0.15) is 16.7 Å². The molecule has 0 aliphatic carbocycles. The Morgan fingerprint density at radius 2 is 2.06 bits per heavy atom. The number of amides is 1. The minimum absolute atomic E-state index is 0.0443. The van der Waals surface area contributed by atoms with Gasteiger partial charge in [-0.25, -0.2) is 9.97 Å². The fraction of sp³-hybridized carbons (Fsp3) is 0.391. The average molecular weight is 467 g/mol. The molecule has 9 nitrogen and oxygen atoms in total. The molecule has 2 aliphatic rings. The lowest BCUT2D eigenvalue weighted by atomic mass is 10.2. The third kappa shape index (κ3) is 5.22. The maximum atomic E-state index is 12.5. The molecule has 1 fully saturated rings. The van der Waals surface area contributed by atoms with Crippen LogP contribution in [0.15, 0.2) is 49.1 Å². The highest BCUT2D eigenvalue weighted by atomic mass is 32.2. The van der Waals surface area contributed by atoms with Crippen LogP contribution in [-0.4, -0.2) is 62.4 Å². The number of anilines is 1. The predicted molar refractivity (Wildman–Crippen MR) is 126 cm³/mol. The molecule has 1 atom stereocenters. The Morgan fingerprint density at radius 1 is 1.24 bits per heavy atom. The van der Waals surface area contributed by atoms with Crippen molar-refractivity contribution in [3.05, 3.63) is 54.7 Å². The lowest BCUT2D eigenvalue weighted by Crippen LogP contribution is -2.41. The molecule has 1 saturated heterocycles. The molecule has 2 aliphatic heterocycles. The summed E-state index contributed by atoms with van der Waals surface area (Å²) in [6, 6.07) is 9.60. The number of para-hydroxylation sites is 2. The van der Waals surface area contributed by atoms with Crippen molar-refractivity contribution >= 4 is 23.5 Å². The van der Waals surface area contributed by atoms with Crippen molar-refractivity contribution in [3.8, 4) is 17.4 Å². The summed E-state index contributed by atoms with van der Waals surface area (Å²) in [6.45, 7) is 4.13. The highest BCUT2D eigenvalue weighted by Crippen LogP contribution is 2.34. The summed E-state index contributed by atoms with van der Waals surface area (Å²) in [5.41, 5.74) is 0.898. The van der Waals surface area contributed by atoms with E-state index in [0.29, 0.717) is 25.3 Å². The zero-order valence-electron chi connectivity index (χ0n) is 18.4. The monoisotopic (exact) mass is 466 g/mol. The van der Waals surface area contributed by atoms with Gasteiger partial charge in [0, 0.05) is 67.6 Å². The van der Waals surface area contributed by atoms with E-state index in [4.69, 9.17) is 14.5 Å². The molecular weight excluding hydrogens is 440 g/mol. The minimum atomic E-state index is -0.354. The molecule has 3 aromatic rings. The number of nitrogens with zero attached hydrogens (tertiary/aromatic N) is 5. The fourth-order valence-electron chi connectivity index (χ4n) is 3.92. The van der Waals surface area contributed by atoms with Crippen LogP contribution in [0, 0.1) is 6.92 Å². The lowest BCUT2D eigenvalue weighted by Gasteiger charge is -2.33. The highest BCUT2D eigenvalue weighted by Gasteiger charge is 2.26. The van der Waals surface area contributed by atoms with Crippen molar-refractivity contribution in [2.45, 2.75) is 31.3 Å². The summed E-state index contributed by atoms with van der Waals surface area (Å²) in [5.74, 6) is 3.99. The Morgan fingerprint density at radius 3 is 2.82 bits per heavy atom. The molecule has 4 heterocycles. The standard InChI is InChI=1S/C23H26N6O3S/c1-16-12-20(27-23(26-16)29-9-8-24-15-29)28-10-11-33-17(14-28)13-21(30)25-7-6-22-31-18-4-2-3-5-19(18)32-22/h2-5,8-9,12,15,17,22H,6-7,10-11,13-14H2,1H3,(H,25,30). The first-order valence-corrected chi connectivity index (χ1v) is 12.1. The normalized spacial score (nSPS) is 17.8. The minimum Gasteiger partial charge on any atom is -0.451 e. The van der Waals surface area contributed by atoms with Crippen LogP contribution in [0.5, 0.6) is 11.5 Å². The number of fused-ring (bicyclic) bond motifs is 1. The van der Waals surface area contributed by atoms with Gasteiger partial charge >= 0.3 is 0 Å². The molecule has 2 aromatic heterocycles. The van der Waals surface area contributed by atoms with Gasteiger partial charge in [0.05, 0.1) is 0 Å². The van der Waals surface area contributed by atoms with Crippen LogP contribution in [-0.2, 0) is 4.79 Å². The highest BCUT2D eigenvalue weighted by molar-refractivity contribution is 8.00. The predicted octanol–water partition coefficient (Wildman–Crippen LogP) is 2.59. The van der Waals surface area contributed by atoms with Gasteiger partial charge in [-0.05, 0) is 19.1 Å².